The average molecular weight is 741 g/mol. The van der Waals surface area contributed by atoms with E-state index in [4.69, 9.17) is 9.47 Å². The number of ether oxygens (including phenoxy) is 2. The van der Waals surface area contributed by atoms with Crippen LogP contribution in [0.4, 0.5) is 4.79 Å². The van der Waals surface area contributed by atoms with Gasteiger partial charge in [0.05, 0.1) is 19.2 Å². The molecule has 15 nitrogen and oxygen atoms in total. The number of ketones is 1. The van der Waals surface area contributed by atoms with Crippen molar-refractivity contribution in [2.75, 3.05) is 40.4 Å². The van der Waals surface area contributed by atoms with Crippen molar-refractivity contribution in [3.63, 3.8) is 0 Å². The number of hydrogen-bond donors (Lipinski definition) is 4. The third-order valence-electron chi connectivity index (χ3n) is 10.2. The molecule has 1 aliphatic carbocycles. The number of rotatable bonds is 8. The molecule has 0 unspecified atom stereocenters. The Balaban J connectivity index is 1.49. The monoisotopic (exact) mass is 740 g/mol. The molecule has 53 heavy (non-hydrogen) atoms. The van der Waals surface area contributed by atoms with Crippen LogP contribution in [-0.2, 0) is 38.2 Å². The minimum Gasteiger partial charge on any atom is -0.444 e. The van der Waals surface area contributed by atoms with Gasteiger partial charge in [-0.05, 0) is 56.4 Å². The van der Waals surface area contributed by atoms with Crippen LogP contribution >= 0.6 is 0 Å². The highest BCUT2D eigenvalue weighted by molar-refractivity contribution is 6.38. The van der Waals surface area contributed by atoms with Gasteiger partial charge in [0.25, 0.3) is 5.91 Å². The molecule has 15 heteroatoms. The van der Waals surface area contributed by atoms with E-state index in [9.17, 15) is 33.6 Å². The van der Waals surface area contributed by atoms with Crippen LogP contribution in [0.15, 0.2) is 30.3 Å². The van der Waals surface area contributed by atoms with E-state index in [2.05, 4.69) is 21.3 Å². The van der Waals surface area contributed by atoms with E-state index < -0.39 is 71.8 Å². The quantitative estimate of drug-likeness (QED) is 0.288. The number of likely N-dealkylation sites (N-methyl/N-ethyl adjacent to an activating group) is 1. The highest BCUT2D eigenvalue weighted by Gasteiger charge is 2.69. The fourth-order valence-electron chi connectivity index (χ4n) is 7.26. The fraction of sp³-hybridized carbons (Fsp3) is 0.658. The Labute approximate surface area is 311 Å². The summed E-state index contributed by atoms with van der Waals surface area (Å²) in [6.45, 7) is 9.13. The molecule has 3 aliphatic rings. The Morgan fingerprint density at radius 1 is 1.02 bits per heavy atom. The summed E-state index contributed by atoms with van der Waals surface area (Å²) < 4.78 is 11.2. The second-order valence-corrected chi connectivity index (χ2v) is 16.0. The van der Waals surface area contributed by atoms with Crippen LogP contribution in [0.5, 0.6) is 0 Å². The first-order chi connectivity index (χ1) is 24.9. The van der Waals surface area contributed by atoms with E-state index in [0.717, 1.165) is 19.3 Å². The van der Waals surface area contributed by atoms with Gasteiger partial charge in [-0.3, -0.25) is 28.8 Å². The summed E-state index contributed by atoms with van der Waals surface area (Å²) in [5.74, 6) is -4.30. The molecule has 1 aromatic rings. The zero-order valence-corrected chi connectivity index (χ0v) is 32.0. The molecule has 0 radical (unpaired) electrons. The van der Waals surface area contributed by atoms with Gasteiger partial charge in [0.15, 0.2) is 0 Å². The maximum absolute atomic E-state index is 14.1. The largest absolute Gasteiger partial charge is 0.444 e. The lowest BCUT2D eigenvalue weighted by Gasteiger charge is -2.34. The van der Waals surface area contributed by atoms with E-state index in [0.29, 0.717) is 25.0 Å². The second-order valence-electron chi connectivity index (χ2n) is 16.0. The summed E-state index contributed by atoms with van der Waals surface area (Å²) in [5, 5.41) is 10.4. The van der Waals surface area contributed by atoms with Crippen molar-refractivity contribution in [3.05, 3.63) is 35.9 Å². The third kappa shape index (κ3) is 10.8. The SMILES string of the molecule is CN(C)C(=O)[C@@H](NC(=O)CNC(=O)C(=O)[C@@H]1CCCCCCCOC[C@H](NC(=O)OC(C)(C)C)C(=O)N2C[C@H]3[C@@H]([C@H]2C(=O)N1)C3(C)C)c1ccccc1. The minimum atomic E-state index is -1.21. The first-order valence-electron chi connectivity index (χ1n) is 18.5. The summed E-state index contributed by atoms with van der Waals surface area (Å²) in [6, 6.07) is 4.37. The topological polar surface area (TPSA) is 193 Å². The van der Waals surface area contributed by atoms with Crippen molar-refractivity contribution in [3.8, 4) is 0 Å². The number of benzene rings is 1. The van der Waals surface area contributed by atoms with Gasteiger partial charge in [0.1, 0.15) is 23.7 Å². The fourth-order valence-corrected chi connectivity index (χ4v) is 7.26. The molecule has 2 aliphatic heterocycles. The summed E-state index contributed by atoms with van der Waals surface area (Å²) in [7, 11) is 3.13. The average Bonchev–Trinajstić information content (AvgIpc) is 3.39. The van der Waals surface area contributed by atoms with Gasteiger partial charge < -0.3 is 40.5 Å². The molecule has 1 aromatic carbocycles. The van der Waals surface area contributed by atoms with Gasteiger partial charge in [-0.2, -0.15) is 0 Å². The van der Waals surface area contributed by atoms with Crippen molar-refractivity contribution in [2.24, 2.45) is 17.3 Å². The van der Waals surface area contributed by atoms with E-state index in [1.807, 2.05) is 13.8 Å². The number of Topliss-reactive ketones (excluding diaryl/α,β-unsaturated/α-hetero) is 1. The van der Waals surface area contributed by atoms with Gasteiger partial charge in [-0.15, -0.1) is 0 Å². The molecule has 0 spiro atoms. The van der Waals surface area contributed by atoms with E-state index >= 15 is 0 Å². The number of alkyl carbamates (subject to hydrolysis) is 1. The molecule has 6 atom stereocenters. The number of carbonyl (C=O) groups excluding carboxylic acids is 7. The summed E-state index contributed by atoms with van der Waals surface area (Å²) >= 11 is 0. The molecular formula is C38H56N6O9. The lowest BCUT2D eigenvalue weighted by molar-refractivity contribution is -0.145. The lowest BCUT2D eigenvalue weighted by atomic mass is 9.98. The van der Waals surface area contributed by atoms with Crippen LogP contribution in [0.2, 0.25) is 0 Å². The zero-order valence-electron chi connectivity index (χ0n) is 32.0. The maximum Gasteiger partial charge on any atom is 0.408 e. The molecule has 4 N–H and O–H groups in total. The summed E-state index contributed by atoms with van der Waals surface area (Å²) in [5.41, 5.74) is -0.503. The number of fused-ring (bicyclic) bond motifs is 3. The van der Waals surface area contributed by atoms with Gasteiger partial charge in [-0.25, -0.2) is 4.79 Å². The van der Waals surface area contributed by atoms with Gasteiger partial charge in [-0.1, -0.05) is 69.9 Å². The Kier molecular flexibility index (Phi) is 13.6. The number of piperidine rings is 1. The van der Waals surface area contributed by atoms with Crippen LogP contribution in [0.3, 0.4) is 0 Å². The van der Waals surface area contributed by atoms with Crippen LogP contribution in [0, 0.1) is 17.3 Å². The van der Waals surface area contributed by atoms with Crippen LogP contribution in [0.1, 0.15) is 84.7 Å². The second kappa shape index (κ2) is 17.5. The van der Waals surface area contributed by atoms with Gasteiger partial charge >= 0.3 is 6.09 Å². The first-order valence-corrected chi connectivity index (χ1v) is 18.5. The Bertz CT molecular complexity index is 1530. The summed E-state index contributed by atoms with van der Waals surface area (Å²) in [6.07, 6.45) is 3.01. The van der Waals surface area contributed by atoms with Crippen molar-refractivity contribution in [1.29, 1.82) is 0 Å². The Morgan fingerprint density at radius 2 is 1.68 bits per heavy atom. The van der Waals surface area contributed by atoms with E-state index in [-0.39, 0.29) is 42.7 Å². The van der Waals surface area contributed by atoms with Crippen LogP contribution < -0.4 is 21.3 Å². The molecule has 3 fully saturated rings. The minimum absolute atomic E-state index is 0.0161. The predicted molar refractivity (Wildman–Crippen MR) is 194 cm³/mol. The molecule has 2 heterocycles. The molecular weight excluding hydrogens is 684 g/mol. The van der Waals surface area contributed by atoms with Crippen LogP contribution in [0.25, 0.3) is 0 Å². The number of amides is 6. The lowest BCUT2D eigenvalue weighted by Crippen LogP contribution is -2.59. The normalized spacial score (nSPS) is 25.4. The van der Waals surface area contributed by atoms with Gasteiger partial charge in [0.2, 0.25) is 29.4 Å². The van der Waals surface area contributed by atoms with Crippen molar-refractivity contribution >= 4 is 41.4 Å². The molecule has 0 bridgehead atoms. The van der Waals surface area contributed by atoms with E-state index in [1.54, 1.807) is 65.2 Å². The maximum atomic E-state index is 14.1. The standard InChI is InChI=1S/C38H56N6O9/c1-37(2,3)53-36(51)41-26-22-52-19-15-10-8-9-14-18-25(40-32(47)30-28-24(38(28,4)5)21-44(30)34(26)49)31(46)33(48)39-20-27(45)42-29(35(50)43(6)7)23-16-12-11-13-17-23/h11-13,16-17,24-26,28-30H,8-10,14-15,18-22H2,1-7H3,(H,39,48)(H,40,47)(H,41,51)(H,42,45)/t24-,25-,26-,28-,29-,30-/m0/s1. The molecule has 2 saturated heterocycles. The number of nitrogens with zero attached hydrogens (tertiary/aromatic N) is 2. The number of nitrogens with one attached hydrogen (secondary N) is 4. The van der Waals surface area contributed by atoms with E-state index in [1.165, 1.54) is 9.80 Å². The molecule has 4 rings (SSSR count). The first kappa shape index (κ1) is 41.2. The third-order valence-corrected chi connectivity index (χ3v) is 10.2. The summed E-state index contributed by atoms with van der Waals surface area (Å²) in [4.78, 5) is 96.4. The Morgan fingerprint density at radius 3 is 2.34 bits per heavy atom. The van der Waals surface area contributed by atoms with Gasteiger partial charge in [0, 0.05) is 27.2 Å². The highest BCUT2D eigenvalue weighted by atomic mass is 16.6. The molecule has 1 saturated carbocycles. The highest BCUT2D eigenvalue weighted by Crippen LogP contribution is 2.64. The van der Waals surface area contributed by atoms with Crippen molar-refractivity contribution in [2.45, 2.75) is 103 Å². The van der Waals surface area contributed by atoms with Crippen LogP contribution in [-0.4, -0.2) is 115 Å². The molecule has 292 valence electrons. The van der Waals surface area contributed by atoms with Crippen molar-refractivity contribution in [1.82, 2.24) is 31.1 Å². The number of carbonyl (C=O) groups is 7. The predicted octanol–water partition coefficient (Wildman–Crippen LogP) is 1.85. The smallest absolute Gasteiger partial charge is 0.408 e. The Hall–Kier alpha value is -4.53. The molecule has 0 aromatic heterocycles. The molecule has 6 amide bonds. The van der Waals surface area contributed by atoms with Crippen molar-refractivity contribution < 1.29 is 43.0 Å². The zero-order chi connectivity index (χ0) is 39.1. The number of hydrogen-bond acceptors (Lipinski definition) is 9.